The summed E-state index contributed by atoms with van der Waals surface area (Å²) < 4.78 is 0. The zero-order chi connectivity index (χ0) is 9.10. The van der Waals surface area contributed by atoms with Gasteiger partial charge in [0.2, 0.25) is 5.91 Å². The van der Waals surface area contributed by atoms with E-state index < -0.39 is 0 Å². The molecule has 1 amide bonds. The molecular weight excluding hydrogens is 184 g/mol. The quantitative estimate of drug-likeness (QED) is 0.675. The summed E-state index contributed by atoms with van der Waals surface area (Å²) in [7, 11) is 0. The molecule has 0 aromatic heterocycles. The summed E-state index contributed by atoms with van der Waals surface area (Å²) >= 11 is 1.89. The third kappa shape index (κ3) is 2.17. The first-order valence-corrected chi connectivity index (χ1v) is 6.14. The lowest BCUT2D eigenvalue weighted by Crippen LogP contribution is -2.46. The summed E-state index contributed by atoms with van der Waals surface area (Å²) in [5.74, 6) is 2.44. The van der Waals surface area contributed by atoms with E-state index in [0.29, 0.717) is 12.1 Å². The number of hydrogen-bond acceptors (Lipinski definition) is 3. The number of carbonyl (C=O) groups is 1. The number of thioether (sulfide) groups is 1. The number of rotatable bonds is 1. The zero-order valence-electron chi connectivity index (χ0n) is 7.79. The van der Waals surface area contributed by atoms with Crippen molar-refractivity contribution in [2.45, 2.75) is 25.4 Å². The predicted molar refractivity (Wildman–Crippen MR) is 54.7 cm³/mol. The molecule has 2 rings (SSSR count). The number of carbonyl (C=O) groups excluding carboxylic acids is 1. The van der Waals surface area contributed by atoms with Crippen molar-refractivity contribution in [2.24, 2.45) is 0 Å². The van der Waals surface area contributed by atoms with Crippen LogP contribution in [0.15, 0.2) is 0 Å². The number of hydrogen-bond donors (Lipinski definition) is 1. The van der Waals surface area contributed by atoms with E-state index >= 15 is 0 Å². The summed E-state index contributed by atoms with van der Waals surface area (Å²) in [6.07, 6.45) is 3.41. The van der Waals surface area contributed by atoms with Gasteiger partial charge in [-0.3, -0.25) is 10.1 Å². The van der Waals surface area contributed by atoms with Crippen LogP contribution >= 0.6 is 11.8 Å². The van der Waals surface area contributed by atoms with E-state index in [9.17, 15) is 4.79 Å². The summed E-state index contributed by atoms with van der Waals surface area (Å²) in [4.78, 5) is 13.7. The van der Waals surface area contributed by atoms with E-state index in [1.54, 1.807) is 0 Å². The molecule has 13 heavy (non-hydrogen) atoms. The Balaban J connectivity index is 1.97. The Morgan fingerprint density at radius 1 is 1.46 bits per heavy atom. The van der Waals surface area contributed by atoms with E-state index in [1.807, 2.05) is 16.7 Å². The van der Waals surface area contributed by atoms with Crippen molar-refractivity contribution in [1.29, 1.82) is 0 Å². The lowest BCUT2D eigenvalue weighted by atomic mass is 10.3. The number of nitrogens with one attached hydrogen (secondary N) is 1. The molecule has 0 radical (unpaired) electrons. The summed E-state index contributed by atoms with van der Waals surface area (Å²) in [5, 5.41) is 3.38. The first-order chi connectivity index (χ1) is 6.38. The van der Waals surface area contributed by atoms with E-state index in [-0.39, 0.29) is 0 Å². The van der Waals surface area contributed by atoms with E-state index in [0.717, 1.165) is 37.4 Å². The third-order valence-corrected chi connectivity index (χ3v) is 3.63. The molecule has 2 saturated heterocycles. The molecule has 4 heteroatoms. The molecule has 1 N–H and O–H groups in total. The highest BCUT2D eigenvalue weighted by Gasteiger charge is 2.26. The van der Waals surface area contributed by atoms with Gasteiger partial charge in [0, 0.05) is 24.5 Å². The highest BCUT2D eigenvalue weighted by molar-refractivity contribution is 7.99. The fraction of sp³-hybridized carbons (Fsp3) is 0.889. The summed E-state index contributed by atoms with van der Waals surface area (Å²) in [6.45, 7) is 2.00. The minimum absolute atomic E-state index is 0.337. The van der Waals surface area contributed by atoms with Crippen molar-refractivity contribution < 1.29 is 4.79 Å². The van der Waals surface area contributed by atoms with Crippen LogP contribution in [0.4, 0.5) is 0 Å². The third-order valence-electron chi connectivity index (χ3n) is 2.67. The molecule has 2 aliphatic rings. The molecule has 2 aliphatic heterocycles. The predicted octanol–water partition coefficient (Wildman–Crippen LogP) is 0.661. The van der Waals surface area contributed by atoms with Gasteiger partial charge in [0.15, 0.2) is 0 Å². The van der Waals surface area contributed by atoms with Gasteiger partial charge < -0.3 is 4.90 Å². The molecular formula is C9H16N2OS. The molecule has 0 spiro atoms. The standard InChI is InChI=1S/C9H16N2OS/c12-9-3-6-13-7-5-11(9)8-2-1-4-10-8/h8,10H,1-7H2. The van der Waals surface area contributed by atoms with Crippen LogP contribution in [0.3, 0.4) is 0 Å². The van der Waals surface area contributed by atoms with Crippen LogP contribution in [0.25, 0.3) is 0 Å². The van der Waals surface area contributed by atoms with Crippen LogP contribution in [0.1, 0.15) is 19.3 Å². The van der Waals surface area contributed by atoms with Crippen LogP contribution in [-0.4, -0.2) is 41.6 Å². The Bertz CT molecular complexity index is 192. The topological polar surface area (TPSA) is 32.3 Å². The summed E-state index contributed by atoms with van der Waals surface area (Å²) in [5.41, 5.74) is 0. The Labute approximate surface area is 83.2 Å². The first kappa shape index (κ1) is 9.34. The molecule has 74 valence electrons. The summed E-state index contributed by atoms with van der Waals surface area (Å²) in [6, 6.07) is 0. The van der Waals surface area contributed by atoms with E-state index in [2.05, 4.69) is 5.32 Å². The molecule has 2 heterocycles. The Morgan fingerprint density at radius 3 is 3.15 bits per heavy atom. The average molecular weight is 200 g/mol. The second-order valence-corrected chi connectivity index (χ2v) is 4.79. The van der Waals surface area contributed by atoms with Crippen LogP contribution < -0.4 is 5.32 Å². The molecule has 0 saturated carbocycles. The maximum absolute atomic E-state index is 11.7. The van der Waals surface area contributed by atoms with E-state index in [4.69, 9.17) is 0 Å². The fourth-order valence-corrected chi connectivity index (χ4v) is 2.80. The molecule has 1 unspecified atom stereocenters. The van der Waals surface area contributed by atoms with Crippen molar-refractivity contribution in [1.82, 2.24) is 10.2 Å². The minimum Gasteiger partial charge on any atom is -0.326 e. The minimum atomic E-state index is 0.337. The monoisotopic (exact) mass is 200 g/mol. The molecule has 1 atom stereocenters. The van der Waals surface area contributed by atoms with Crippen LogP contribution in [0.2, 0.25) is 0 Å². The number of amides is 1. The molecule has 0 bridgehead atoms. The normalized spacial score (nSPS) is 30.6. The van der Waals surface area contributed by atoms with Gasteiger partial charge in [0.25, 0.3) is 0 Å². The van der Waals surface area contributed by atoms with Gasteiger partial charge in [-0.1, -0.05) is 0 Å². The van der Waals surface area contributed by atoms with Gasteiger partial charge >= 0.3 is 0 Å². The second-order valence-electron chi connectivity index (χ2n) is 3.56. The van der Waals surface area contributed by atoms with Gasteiger partial charge in [0.1, 0.15) is 0 Å². The van der Waals surface area contributed by atoms with Gasteiger partial charge in [-0.25, -0.2) is 0 Å². The molecule has 2 fully saturated rings. The van der Waals surface area contributed by atoms with Crippen molar-refractivity contribution in [3.8, 4) is 0 Å². The highest BCUT2D eigenvalue weighted by atomic mass is 32.2. The van der Waals surface area contributed by atoms with Crippen LogP contribution in [0, 0.1) is 0 Å². The van der Waals surface area contributed by atoms with E-state index in [1.165, 1.54) is 6.42 Å². The van der Waals surface area contributed by atoms with Gasteiger partial charge in [-0.05, 0) is 19.4 Å². The first-order valence-electron chi connectivity index (χ1n) is 4.98. The molecule has 0 aromatic rings. The second kappa shape index (κ2) is 4.33. The Morgan fingerprint density at radius 2 is 2.38 bits per heavy atom. The molecule has 0 aromatic carbocycles. The molecule has 3 nitrogen and oxygen atoms in total. The van der Waals surface area contributed by atoms with Crippen molar-refractivity contribution in [2.75, 3.05) is 24.6 Å². The van der Waals surface area contributed by atoms with Crippen molar-refractivity contribution in [3.05, 3.63) is 0 Å². The number of nitrogens with zero attached hydrogens (tertiary/aromatic N) is 1. The average Bonchev–Trinajstić information content (AvgIpc) is 2.56. The smallest absolute Gasteiger partial charge is 0.224 e. The van der Waals surface area contributed by atoms with Gasteiger partial charge in [0.05, 0.1) is 6.17 Å². The zero-order valence-corrected chi connectivity index (χ0v) is 8.61. The molecule has 0 aliphatic carbocycles. The maximum atomic E-state index is 11.7. The Kier molecular flexibility index (Phi) is 3.11. The van der Waals surface area contributed by atoms with Gasteiger partial charge in [-0.15, -0.1) is 0 Å². The van der Waals surface area contributed by atoms with Gasteiger partial charge in [-0.2, -0.15) is 11.8 Å². The lowest BCUT2D eigenvalue weighted by molar-refractivity contribution is -0.132. The fourth-order valence-electron chi connectivity index (χ4n) is 1.95. The lowest BCUT2D eigenvalue weighted by Gasteiger charge is -2.27. The Hall–Kier alpha value is -0.220. The van der Waals surface area contributed by atoms with Crippen LogP contribution in [0.5, 0.6) is 0 Å². The highest BCUT2D eigenvalue weighted by Crippen LogP contribution is 2.17. The van der Waals surface area contributed by atoms with Crippen molar-refractivity contribution >= 4 is 17.7 Å². The largest absolute Gasteiger partial charge is 0.326 e. The SMILES string of the molecule is O=C1CCSCCN1C1CCCN1. The van der Waals surface area contributed by atoms with Crippen molar-refractivity contribution in [3.63, 3.8) is 0 Å². The maximum Gasteiger partial charge on any atom is 0.224 e. The van der Waals surface area contributed by atoms with Crippen LogP contribution in [-0.2, 0) is 4.79 Å².